The quantitative estimate of drug-likeness (QED) is 0.649. The molecule has 1 aliphatic heterocycles. The number of hydrogen-bond donors (Lipinski definition) is 0. The number of methoxy groups -OCH3 is 1. The van der Waals surface area contributed by atoms with Crippen LogP contribution < -0.4 is 0 Å². The summed E-state index contributed by atoms with van der Waals surface area (Å²) in [5.41, 5.74) is 0. The maximum Gasteiger partial charge on any atom is 0.216 e. The molecule has 0 aliphatic carbocycles. The third-order valence-corrected chi connectivity index (χ3v) is 4.93. The molecule has 0 aromatic carbocycles. The van der Waals surface area contributed by atoms with Gasteiger partial charge in [0.1, 0.15) is 0 Å². The number of nitrogens with zero attached hydrogens (tertiary/aromatic N) is 1. The van der Waals surface area contributed by atoms with Crippen LogP contribution in [-0.4, -0.2) is 63.3 Å². The van der Waals surface area contributed by atoms with Crippen molar-refractivity contribution < 1.29 is 17.9 Å². The van der Waals surface area contributed by atoms with Crippen LogP contribution in [0.2, 0.25) is 0 Å². The first-order chi connectivity index (χ1) is 8.10. The Hall–Kier alpha value is 0.310. The standard InChI is InChI=1S/C10H20BrNO4S/c1-15-8-9-17(13,14)12-5-2-10(3-6-12)16-7-4-11/h10H,2-9H2,1H3. The van der Waals surface area contributed by atoms with Crippen molar-refractivity contribution in [2.24, 2.45) is 0 Å². The Morgan fingerprint density at radius 1 is 1.29 bits per heavy atom. The highest BCUT2D eigenvalue weighted by molar-refractivity contribution is 9.09. The maximum atomic E-state index is 11.9. The molecule has 0 amide bonds. The average molecular weight is 330 g/mol. The van der Waals surface area contributed by atoms with Crippen LogP contribution in [0.4, 0.5) is 0 Å². The summed E-state index contributed by atoms with van der Waals surface area (Å²) < 4.78 is 35.7. The van der Waals surface area contributed by atoms with Gasteiger partial charge in [-0.15, -0.1) is 0 Å². The molecule has 102 valence electrons. The molecule has 0 unspecified atom stereocenters. The SMILES string of the molecule is COCCS(=O)(=O)N1CCC(OCCBr)CC1. The molecule has 0 radical (unpaired) electrons. The van der Waals surface area contributed by atoms with Crippen molar-refractivity contribution in [3.63, 3.8) is 0 Å². The van der Waals surface area contributed by atoms with Gasteiger partial charge in [0.25, 0.3) is 0 Å². The lowest BCUT2D eigenvalue weighted by atomic mass is 10.1. The van der Waals surface area contributed by atoms with E-state index in [-0.39, 0.29) is 18.5 Å². The van der Waals surface area contributed by atoms with E-state index < -0.39 is 10.0 Å². The molecular weight excluding hydrogens is 310 g/mol. The molecule has 0 bridgehead atoms. The summed E-state index contributed by atoms with van der Waals surface area (Å²) in [6.45, 7) is 2.04. The highest BCUT2D eigenvalue weighted by Crippen LogP contribution is 2.17. The molecule has 0 aromatic heterocycles. The number of hydrogen-bond acceptors (Lipinski definition) is 4. The lowest BCUT2D eigenvalue weighted by molar-refractivity contribution is 0.0308. The summed E-state index contributed by atoms with van der Waals surface area (Å²) in [4.78, 5) is 0. The first-order valence-corrected chi connectivity index (χ1v) is 8.47. The molecule has 1 aliphatic rings. The Bertz CT molecular complexity index is 301. The van der Waals surface area contributed by atoms with Crippen molar-refractivity contribution in [1.82, 2.24) is 4.31 Å². The van der Waals surface area contributed by atoms with Gasteiger partial charge in [-0.3, -0.25) is 0 Å². The predicted molar refractivity (Wildman–Crippen MR) is 70.0 cm³/mol. The zero-order chi connectivity index (χ0) is 12.7. The normalized spacial score (nSPS) is 19.6. The number of rotatable bonds is 7. The van der Waals surface area contributed by atoms with Gasteiger partial charge in [0.15, 0.2) is 0 Å². The van der Waals surface area contributed by atoms with Gasteiger partial charge < -0.3 is 9.47 Å². The van der Waals surface area contributed by atoms with Gasteiger partial charge >= 0.3 is 0 Å². The van der Waals surface area contributed by atoms with E-state index in [1.807, 2.05) is 0 Å². The second kappa shape index (κ2) is 7.68. The number of ether oxygens (including phenoxy) is 2. The molecule has 1 rings (SSSR count). The number of sulfonamides is 1. The summed E-state index contributed by atoms with van der Waals surface area (Å²) in [5.74, 6) is 0.0659. The third kappa shape index (κ3) is 5.21. The largest absolute Gasteiger partial charge is 0.384 e. The van der Waals surface area contributed by atoms with Gasteiger partial charge in [0.05, 0.1) is 25.1 Å². The van der Waals surface area contributed by atoms with E-state index >= 15 is 0 Å². The Balaban J connectivity index is 2.35. The Labute approximate surface area is 112 Å². The van der Waals surface area contributed by atoms with E-state index in [1.54, 1.807) is 4.31 Å². The minimum atomic E-state index is -3.15. The van der Waals surface area contributed by atoms with E-state index in [1.165, 1.54) is 7.11 Å². The van der Waals surface area contributed by atoms with Crippen molar-refractivity contribution in [2.45, 2.75) is 18.9 Å². The smallest absolute Gasteiger partial charge is 0.216 e. The van der Waals surface area contributed by atoms with Gasteiger partial charge in [-0.1, -0.05) is 15.9 Å². The molecule has 0 atom stereocenters. The fraction of sp³-hybridized carbons (Fsp3) is 1.00. The molecule has 5 nitrogen and oxygen atoms in total. The van der Waals surface area contributed by atoms with E-state index in [0.29, 0.717) is 19.7 Å². The summed E-state index contributed by atoms with van der Waals surface area (Å²) >= 11 is 3.30. The van der Waals surface area contributed by atoms with Crippen molar-refractivity contribution in [2.75, 3.05) is 44.5 Å². The molecule has 1 heterocycles. The molecule has 1 saturated heterocycles. The van der Waals surface area contributed by atoms with Gasteiger partial charge in [0, 0.05) is 25.5 Å². The Kier molecular flexibility index (Phi) is 6.94. The number of halogens is 1. The molecule has 0 spiro atoms. The molecular formula is C10H20BrNO4S. The molecule has 0 saturated carbocycles. The van der Waals surface area contributed by atoms with E-state index in [0.717, 1.165) is 18.2 Å². The minimum absolute atomic E-state index is 0.0659. The lowest BCUT2D eigenvalue weighted by Gasteiger charge is -2.31. The summed E-state index contributed by atoms with van der Waals surface area (Å²) in [5, 5.41) is 0.819. The summed E-state index contributed by atoms with van der Waals surface area (Å²) in [7, 11) is -1.64. The van der Waals surface area contributed by atoms with Crippen LogP contribution in [0.1, 0.15) is 12.8 Å². The van der Waals surface area contributed by atoms with Crippen LogP contribution in [0, 0.1) is 0 Å². The fourth-order valence-corrected chi connectivity index (χ4v) is 3.40. The van der Waals surface area contributed by atoms with Gasteiger partial charge in [0.2, 0.25) is 10.0 Å². The molecule has 1 fully saturated rings. The lowest BCUT2D eigenvalue weighted by Crippen LogP contribution is -2.42. The monoisotopic (exact) mass is 329 g/mol. The van der Waals surface area contributed by atoms with Crippen LogP contribution in [-0.2, 0) is 19.5 Å². The molecule has 7 heteroatoms. The van der Waals surface area contributed by atoms with E-state index in [9.17, 15) is 8.42 Å². The van der Waals surface area contributed by atoms with Crippen LogP contribution in [0.25, 0.3) is 0 Å². The van der Waals surface area contributed by atoms with Crippen molar-refractivity contribution in [3.05, 3.63) is 0 Å². The van der Waals surface area contributed by atoms with E-state index in [2.05, 4.69) is 15.9 Å². The Morgan fingerprint density at radius 2 is 1.94 bits per heavy atom. The van der Waals surface area contributed by atoms with Crippen LogP contribution >= 0.6 is 15.9 Å². The zero-order valence-electron chi connectivity index (χ0n) is 10.1. The van der Waals surface area contributed by atoms with Crippen molar-refractivity contribution in [1.29, 1.82) is 0 Å². The zero-order valence-corrected chi connectivity index (χ0v) is 12.5. The molecule has 0 N–H and O–H groups in total. The second-order valence-electron chi connectivity index (χ2n) is 3.97. The third-order valence-electron chi connectivity index (χ3n) is 2.77. The van der Waals surface area contributed by atoms with Gasteiger partial charge in [-0.05, 0) is 12.8 Å². The van der Waals surface area contributed by atoms with Crippen molar-refractivity contribution >= 4 is 26.0 Å². The summed E-state index contributed by atoms with van der Waals surface area (Å²) in [6.07, 6.45) is 1.75. The van der Waals surface area contributed by atoms with Gasteiger partial charge in [-0.2, -0.15) is 0 Å². The second-order valence-corrected chi connectivity index (χ2v) is 6.85. The average Bonchev–Trinajstić information content (AvgIpc) is 2.34. The number of piperidine rings is 1. The highest BCUT2D eigenvalue weighted by atomic mass is 79.9. The van der Waals surface area contributed by atoms with Crippen LogP contribution in [0.15, 0.2) is 0 Å². The van der Waals surface area contributed by atoms with Crippen LogP contribution in [0.3, 0.4) is 0 Å². The van der Waals surface area contributed by atoms with Gasteiger partial charge in [-0.25, -0.2) is 12.7 Å². The first-order valence-electron chi connectivity index (χ1n) is 5.74. The van der Waals surface area contributed by atoms with Crippen molar-refractivity contribution in [3.8, 4) is 0 Å². The fourth-order valence-electron chi connectivity index (χ4n) is 1.81. The minimum Gasteiger partial charge on any atom is -0.384 e. The first kappa shape index (κ1) is 15.4. The molecule has 0 aromatic rings. The summed E-state index contributed by atoms with van der Waals surface area (Å²) in [6, 6.07) is 0. The van der Waals surface area contributed by atoms with E-state index in [4.69, 9.17) is 9.47 Å². The maximum absolute atomic E-state index is 11.9. The predicted octanol–water partition coefficient (Wildman–Crippen LogP) is 0.839. The highest BCUT2D eigenvalue weighted by Gasteiger charge is 2.27. The Morgan fingerprint density at radius 3 is 2.47 bits per heavy atom. The van der Waals surface area contributed by atoms with Crippen LogP contribution in [0.5, 0.6) is 0 Å². The molecule has 17 heavy (non-hydrogen) atoms. The number of alkyl halides is 1. The topological polar surface area (TPSA) is 55.8 Å².